The van der Waals surface area contributed by atoms with E-state index in [1.54, 1.807) is 37.5 Å². The van der Waals surface area contributed by atoms with Gasteiger partial charge in [0.1, 0.15) is 0 Å². The van der Waals surface area contributed by atoms with E-state index >= 15 is 0 Å². The number of ether oxygens (including phenoxy) is 1. The van der Waals surface area contributed by atoms with Crippen LogP contribution >= 0.6 is 0 Å². The summed E-state index contributed by atoms with van der Waals surface area (Å²) in [5.74, 6) is 0.345. The SMILES string of the molecule is Cc1ccc(S(=O)(=O)N2CCCCC2)cc1C(=O)OCCCc1nc(-c2cccnc2)no1. The van der Waals surface area contributed by atoms with E-state index in [9.17, 15) is 13.2 Å². The van der Waals surface area contributed by atoms with Crippen LogP contribution in [0.5, 0.6) is 0 Å². The minimum atomic E-state index is -3.62. The number of piperidine rings is 1. The van der Waals surface area contributed by atoms with E-state index in [0.29, 0.717) is 43.2 Å². The third kappa shape index (κ3) is 5.45. The van der Waals surface area contributed by atoms with Crippen molar-refractivity contribution in [1.82, 2.24) is 19.4 Å². The molecule has 0 saturated carbocycles. The first kappa shape index (κ1) is 23.1. The Labute approximate surface area is 192 Å². The fourth-order valence-electron chi connectivity index (χ4n) is 3.67. The molecule has 1 aliphatic heterocycles. The van der Waals surface area contributed by atoms with E-state index < -0.39 is 16.0 Å². The summed E-state index contributed by atoms with van der Waals surface area (Å²) in [6, 6.07) is 8.24. The van der Waals surface area contributed by atoms with Gasteiger partial charge in [0.2, 0.25) is 21.7 Å². The van der Waals surface area contributed by atoms with Gasteiger partial charge in [0, 0.05) is 37.5 Å². The highest BCUT2D eigenvalue weighted by Crippen LogP contribution is 2.23. The zero-order valence-corrected chi connectivity index (χ0v) is 19.3. The number of aryl methyl sites for hydroxylation is 2. The Hall–Kier alpha value is -3.11. The van der Waals surface area contributed by atoms with E-state index in [-0.39, 0.29) is 17.1 Å². The molecule has 9 nitrogen and oxygen atoms in total. The van der Waals surface area contributed by atoms with Crippen molar-refractivity contribution in [2.45, 2.75) is 43.9 Å². The first-order valence-electron chi connectivity index (χ1n) is 11.0. The van der Waals surface area contributed by atoms with Crippen LogP contribution < -0.4 is 0 Å². The second kappa shape index (κ2) is 10.2. The molecule has 0 aliphatic carbocycles. The molecule has 33 heavy (non-hydrogen) atoms. The van der Waals surface area contributed by atoms with Crippen LogP contribution in [0.15, 0.2) is 52.1 Å². The molecule has 0 radical (unpaired) electrons. The van der Waals surface area contributed by atoms with Gasteiger partial charge in [0.15, 0.2) is 0 Å². The molecule has 3 aromatic rings. The Morgan fingerprint density at radius 3 is 2.76 bits per heavy atom. The highest BCUT2D eigenvalue weighted by atomic mass is 32.2. The summed E-state index contributed by atoms with van der Waals surface area (Å²) in [5.41, 5.74) is 1.68. The van der Waals surface area contributed by atoms with Gasteiger partial charge in [0.05, 0.1) is 17.1 Å². The maximum absolute atomic E-state index is 12.9. The molecule has 0 atom stereocenters. The van der Waals surface area contributed by atoms with E-state index in [0.717, 1.165) is 24.8 Å². The lowest BCUT2D eigenvalue weighted by Crippen LogP contribution is -2.35. The molecule has 3 heterocycles. The summed E-state index contributed by atoms with van der Waals surface area (Å²) in [6.07, 6.45) is 6.99. The topological polar surface area (TPSA) is 115 Å². The van der Waals surface area contributed by atoms with Crippen molar-refractivity contribution in [2.24, 2.45) is 0 Å². The number of aromatic nitrogens is 3. The second-order valence-corrected chi connectivity index (χ2v) is 9.87. The standard InChI is InChI=1S/C23H26N4O5S/c1-17-9-10-19(33(29,30)27-12-3-2-4-13-27)15-20(17)23(28)31-14-6-8-21-25-22(26-32-21)18-7-5-11-24-16-18/h5,7,9-11,15-16H,2-4,6,8,12-14H2,1H3. The van der Waals surface area contributed by atoms with Crippen LogP contribution in [0.25, 0.3) is 11.4 Å². The molecule has 1 fully saturated rings. The third-order valence-electron chi connectivity index (χ3n) is 5.54. The van der Waals surface area contributed by atoms with E-state index in [2.05, 4.69) is 15.1 Å². The van der Waals surface area contributed by atoms with Crippen molar-refractivity contribution in [3.8, 4) is 11.4 Å². The number of benzene rings is 1. The van der Waals surface area contributed by atoms with Crippen molar-refractivity contribution in [3.05, 3.63) is 59.7 Å². The maximum Gasteiger partial charge on any atom is 0.338 e. The molecule has 10 heteroatoms. The summed E-state index contributed by atoms with van der Waals surface area (Å²) in [6.45, 7) is 2.92. The Bertz CT molecular complexity index is 1200. The molecular formula is C23H26N4O5S. The molecule has 1 aromatic carbocycles. The highest BCUT2D eigenvalue weighted by molar-refractivity contribution is 7.89. The van der Waals surface area contributed by atoms with Gasteiger partial charge in [-0.3, -0.25) is 4.98 Å². The monoisotopic (exact) mass is 470 g/mol. The van der Waals surface area contributed by atoms with Gasteiger partial charge in [-0.1, -0.05) is 17.6 Å². The number of esters is 1. The molecule has 1 saturated heterocycles. The Kier molecular flexibility index (Phi) is 7.14. The highest BCUT2D eigenvalue weighted by Gasteiger charge is 2.27. The van der Waals surface area contributed by atoms with Gasteiger partial charge in [-0.05, 0) is 56.0 Å². The van der Waals surface area contributed by atoms with Gasteiger partial charge < -0.3 is 9.26 Å². The Morgan fingerprint density at radius 2 is 2.00 bits per heavy atom. The summed E-state index contributed by atoms with van der Waals surface area (Å²) in [4.78, 5) is 21.1. The molecular weight excluding hydrogens is 444 g/mol. The fraction of sp³-hybridized carbons (Fsp3) is 0.391. The predicted molar refractivity (Wildman–Crippen MR) is 120 cm³/mol. The second-order valence-electron chi connectivity index (χ2n) is 7.93. The molecule has 1 aliphatic rings. The number of sulfonamides is 1. The van der Waals surface area contributed by atoms with Crippen molar-refractivity contribution in [3.63, 3.8) is 0 Å². The first-order valence-corrected chi connectivity index (χ1v) is 12.4. The molecule has 2 aromatic heterocycles. The molecule has 4 rings (SSSR count). The number of pyridine rings is 1. The average Bonchev–Trinajstić information content (AvgIpc) is 3.32. The van der Waals surface area contributed by atoms with Crippen LogP contribution in [0.2, 0.25) is 0 Å². The van der Waals surface area contributed by atoms with Gasteiger partial charge >= 0.3 is 5.97 Å². The van der Waals surface area contributed by atoms with Crippen LogP contribution in [0, 0.1) is 6.92 Å². The minimum Gasteiger partial charge on any atom is -0.462 e. The molecule has 0 spiro atoms. The lowest BCUT2D eigenvalue weighted by atomic mass is 10.1. The molecule has 0 amide bonds. The van der Waals surface area contributed by atoms with Crippen molar-refractivity contribution in [1.29, 1.82) is 0 Å². The average molecular weight is 471 g/mol. The Balaban J connectivity index is 1.34. The molecule has 0 N–H and O–H groups in total. The van der Waals surface area contributed by atoms with Crippen LogP contribution in [0.3, 0.4) is 0 Å². The predicted octanol–water partition coefficient (Wildman–Crippen LogP) is 3.40. The minimum absolute atomic E-state index is 0.121. The maximum atomic E-state index is 12.9. The first-order chi connectivity index (χ1) is 15.9. The quantitative estimate of drug-likeness (QED) is 0.363. The summed E-state index contributed by atoms with van der Waals surface area (Å²) in [5, 5.41) is 3.94. The largest absolute Gasteiger partial charge is 0.462 e. The van der Waals surface area contributed by atoms with Crippen molar-refractivity contribution in [2.75, 3.05) is 19.7 Å². The van der Waals surface area contributed by atoms with Gasteiger partial charge in [-0.2, -0.15) is 9.29 Å². The van der Waals surface area contributed by atoms with Gasteiger partial charge in [-0.15, -0.1) is 0 Å². The van der Waals surface area contributed by atoms with Crippen LogP contribution in [-0.4, -0.2) is 53.5 Å². The summed E-state index contributed by atoms with van der Waals surface area (Å²) in [7, 11) is -3.62. The van der Waals surface area contributed by atoms with E-state index in [4.69, 9.17) is 9.26 Å². The van der Waals surface area contributed by atoms with Crippen LogP contribution in [0.1, 0.15) is 47.5 Å². The molecule has 0 unspecified atom stereocenters. The van der Waals surface area contributed by atoms with Gasteiger partial charge in [0.25, 0.3) is 0 Å². The van der Waals surface area contributed by atoms with Gasteiger partial charge in [-0.25, -0.2) is 13.2 Å². The fourth-order valence-corrected chi connectivity index (χ4v) is 5.21. The normalized spacial score (nSPS) is 14.8. The van der Waals surface area contributed by atoms with Crippen LogP contribution in [0.4, 0.5) is 0 Å². The van der Waals surface area contributed by atoms with Crippen molar-refractivity contribution >= 4 is 16.0 Å². The zero-order valence-electron chi connectivity index (χ0n) is 18.4. The van der Waals surface area contributed by atoms with Crippen molar-refractivity contribution < 1.29 is 22.5 Å². The number of nitrogens with zero attached hydrogens (tertiary/aromatic N) is 4. The Morgan fingerprint density at radius 1 is 1.18 bits per heavy atom. The lowest BCUT2D eigenvalue weighted by molar-refractivity contribution is 0.0497. The van der Waals surface area contributed by atoms with E-state index in [1.807, 2.05) is 6.07 Å². The van der Waals surface area contributed by atoms with E-state index in [1.165, 1.54) is 10.4 Å². The number of carbonyl (C=O) groups excluding carboxylic acids is 1. The third-order valence-corrected chi connectivity index (χ3v) is 7.43. The number of rotatable bonds is 8. The number of hydrogen-bond acceptors (Lipinski definition) is 8. The molecule has 174 valence electrons. The molecule has 0 bridgehead atoms. The number of carbonyl (C=O) groups is 1. The number of hydrogen-bond donors (Lipinski definition) is 0. The zero-order chi connectivity index (χ0) is 23.3. The summed E-state index contributed by atoms with van der Waals surface area (Å²) >= 11 is 0. The van der Waals surface area contributed by atoms with Crippen LogP contribution in [-0.2, 0) is 21.2 Å². The lowest BCUT2D eigenvalue weighted by Gasteiger charge is -2.26. The smallest absolute Gasteiger partial charge is 0.338 e. The summed E-state index contributed by atoms with van der Waals surface area (Å²) < 4.78 is 38.0.